The summed E-state index contributed by atoms with van der Waals surface area (Å²) in [7, 11) is 1.68. The number of ether oxygens (including phenoxy) is 1. The molecular weight excluding hydrogens is 304 g/mol. The first kappa shape index (κ1) is 14.0. The lowest BCUT2D eigenvalue weighted by Gasteiger charge is -2.15. The molecule has 100 valence electrons. The fourth-order valence-electron chi connectivity index (χ4n) is 1.83. The number of nitrogens with zero attached hydrogens (tertiary/aromatic N) is 1. The lowest BCUT2D eigenvalue weighted by Crippen LogP contribution is -2.18. The Bertz CT molecular complexity index is 531. The maximum Gasteiger partial charge on any atom is 0.119 e. The van der Waals surface area contributed by atoms with E-state index in [0.29, 0.717) is 0 Å². The fraction of sp³-hybridized carbons (Fsp3) is 0.267. The smallest absolute Gasteiger partial charge is 0.119 e. The molecule has 2 aromatic rings. The summed E-state index contributed by atoms with van der Waals surface area (Å²) in [6.45, 7) is 2.90. The molecule has 1 heterocycles. The highest BCUT2D eigenvalue weighted by atomic mass is 79.9. The zero-order chi connectivity index (χ0) is 13.7. The Hall–Kier alpha value is -1.39. The molecule has 1 aromatic carbocycles. The van der Waals surface area contributed by atoms with Crippen LogP contribution in [0, 0.1) is 0 Å². The van der Waals surface area contributed by atoms with Gasteiger partial charge in [0.2, 0.25) is 0 Å². The van der Waals surface area contributed by atoms with Crippen LogP contribution in [0.15, 0.2) is 47.2 Å². The van der Waals surface area contributed by atoms with Crippen LogP contribution in [0.1, 0.15) is 24.1 Å². The van der Waals surface area contributed by atoms with Crippen molar-refractivity contribution >= 4 is 15.9 Å². The van der Waals surface area contributed by atoms with Crippen LogP contribution in [0.3, 0.4) is 0 Å². The molecule has 3 nitrogen and oxygen atoms in total. The standard InChI is InChI=1S/C15H17BrN2O/c1-11(12-4-3-7-17-9-12)18-10-13-8-14(19-2)5-6-15(13)16/h3-9,11,18H,10H2,1-2H3. The lowest BCUT2D eigenvalue weighted by atomic mass is 10.1. The largest absolute Gasteiger partial charge is 0.497 e. The molecule has 19 heavy (non-hydrogen) atoms. The molecule has 0 spiro atoms. The van der Waals surface area contributed by atoms with E-state index in [0.717, 1.165) is 16.8 Å². The van der Waals surface area contributed by atoms with Gasteiger partial charge in [0.1, 0.15) is 5.75 Å². The normalized spacial score (nSPS) is 12.2. The monoisotopic (exact) mass is 320 g/mol. The molecule has 2 rings (SSSR count). The van der Waals surface area contributed by atoms with Crippen molar-refractivity contribution < 1.29 is 4.74 Å². The molecule has 0 bridgehead atoms. The van der Waals surface area contributed by atoms with Gasteiger partial charge in [0.15, 0.2) is 0 Å². The van der Waals surface area contributed by atoms with Crippen LogP contribution < -0.4 is 10.1 Å². The first-order valence-corrected chi connectivity index (χ1v) is 6.95. The van der Waals surface area contributed by atoms with E-state index in [2.05, 4.69) is 39.2 Å². The Morgan fingerprint density at radius 2 is 2.21 bits per heavy atom. The third-order valence-electron chi connectivity index (χ3n) is 3.04. The van der Waals surface area contributed by atoms with Crippen molar-refractivity contribution in [2.75, 3.05) is 7.11 Å². The molecule has 0 saturated heterocycles. The number of aromatic nitrogens is 1. The molecule has 1 N–H and O–H groups in total. The van der Waals surface area contributed by atoms with E-state index >= 15 is 0 Å². The molecule has 4 heteroatoms. The van der Waals surface area contributed by atoms with Crippen LogP contribution in [0.25, 0.3) is 0 Å². The van der Waals surface area contributed by atoms with Crippen molar-refractivity contribution in [2.45, 2.75) is 19.5 Å². The van der Waals surface area contributed by atoms with Crippen LogP contribution in [0.2, 0.25) is 0 Å². The molecule has 1 unspecified atom stereocenters. The van der Waals surface area contributed by atoms with Crippen molar-refractivity contribution in [1.29, 1.82) is 0 Å². The van der Waals surface area contributed by atoms with E-state index in [9.17, 15) is 0 Å². The summed E-state index contributed by atoms with van der Waals surface area (Å²) in [4.78, 5) is 4.14. The second-order valence-electron chi connectivity index (χ2n) is 4.35. The van der Waals surface area contributed by atoms with Crippen LogP contribution in [-0.4, -0.2) is 12.1 Å². The molecule has 0 aliphatic rings. The second-order valence-corrected chi connectivity index (χ2v) is 5.20. The molecule has 0 aliphatic heterocycles. The van der Waals surface area contributed by atoms with Gasteiger partial charge in [-0.1, -0.05) is 22.0 Å². The maximum atomic E-state index is 5.24. The van der Waals surface area contributed by atoms with E-state index in [1.54, 1.807) is 13.3 Å². The van der Waals surface area contributed by atoms with Gasteiger partial charge in [-0.15, -0.1) is 0 Å². The topological polar surface area (TPSA) is 34.1 Å². The molecule has 1 atom stereocenters. The predicted octanol–water partition coefficient (Wildman–Crippen LogP) is 3.70. The number of nitrogens with one attached hydrogen (secondary N) is 1. The highest BCUT2D eigenvalue weighted by Crippen LogP contribution is 2.23. The van der Waals surface area contributed by atoms with Crippen LogP contribution in [-0.2, 0) is 6.54 Å². The Kier molecular flexibility index (Phi) is 4.93. The quantitative estimate of drug-likeness (QED) is 0.912. The van der Waals surface area contributed by atoms with Crippen LogP contribution >= 0.6 is 15.9 Å². The number of methoxy groups -OCH3 is 1. The van der Waals surface area contributed by atoms with Crippen LogP contribution in [0.4, 0.5) is 0 Å². The minimum absolute atomic E-state index is 0.256. The molecule has 0 radical (unpaired) electrons. The van der Waals surface area contributed by atoms with E-state index in [-0.39, 0.29) is 6.04 Å². The van der Waals surface area contributed by atoms with Gasteiger partial charge < -0.3 is 10.1 Å². The first-order valence-electron chi connectivity index (χ1n) is 6.16. The van der Waals surface area contributed by atoms with Crippen molar-refractivity contribution in [1.82, 2.24) is 10.3 Å². The number of rotatable bonds is 5. The average molecular weight is 321 g/mol. The van der Waals surface area contributed by atoms with E-state index in [4.69, 9.17) is 4.74 Å². The van der Waals surface area contributed by atoms with Gasteiger partial charge in [0.25, 0.3) is 0 Å². The van der Waals surface area contributed by atoms with Gasteiger partial charge >= 0.3 is 0 Å². The van der Waals surface area contributed by atoms with E-state index in [1.165, 1.54) is 11.1 Å². The molecule has 0 fully saturated rings. The van der Waals surface area contributed by atoms with Gasteiger partial charge in [-0.25, -0.2) is 0 Å². The maximum absolute atomic E-state index is 5.24. The lowest BCUT2D eigenvalue weighted by molar-refractivity contribution is 0.413. The first-order chi connectivity index (χ1) is 9.20. The van der Waals surface area contributed by atoms with Crippen LogP contribution in [0.5, 0.6) is 5.75 Å². The van der Waals surface area contributed by atoms with Gasteiger partial charge in [0, 0.05) is 29.5 Å². The summed E-state index contributed by atoms with van der Waals surface area (Å²) in [6.07, 6.45) is 3.67. The molecule has 0 saturated carbocycles. The average Bonchev–Trinajstić information content (AvgIpc) is 2.47. The van der Waals surface area contributed by atoms with Gasteiger partial charge in [-0.05, 0) is 42.3 Å². The number of pyridine rings is 1. The summed E-state index contributed by atoms with van der Waals surface area (Å²) in [5, 5.41) is 3.48. The van der Waals surface area contributed by atoms with Gasteiger partial charge in [-0.2, -0.15) is 0 Å². The Labute approximate surface area is 122 Å². The fourth-order valence-corrected chi connectivity index (χ4v) is 2.21. The zero-order valence-electron chi connectivity index (χ0n) is 11.1. The predicted molar refractivity (Wildman–Crippen MR) is 80.2 cm³/mol. The Balaban J connectivity index is 2.02. The highest BCUT2D eigenvalue weighted by Gasteiger charge is 2.07. The minimum atomic E-state index is 0.256. The Morgan fingerprint density at radius 3 is 2.89 bits per heavy atom. The molecule has 0 aliphatic carbocycles. The molecule has 1 aromatic heterocycles. The van der Waals surface area contributed by atoms with Crippen molar-refractivity contribution in [3.05, 3.63) is 58.3 Å². The SMILES string of the molecule is COc1ccc(Br)c(CNC(C)c2cccnc2)c1. The van der Waals surface area contributed by atoms with E-state index < -0.39 is 0 Å². The highest BCUT2D eigenvalue weighted by molar-refractivity contribution is 9.10. The Morgan fingerprint density at radius 1 is 1.37 bits per heavy atom. The summed E-state index contributed by atoms with van der Waals surface area (Å²) in [6, 6.07) is 10.3. The zero-order valence-corrected chi connectivity index (χ0v) is 12.6. The third kappa shape index (κ3) is 3.78. The molecular formula is C15H17BrN2O. The number of benzene rings is 1. The van der Waals surface area contributed by atoms with Gasteiger partial charge in [0.05, 0.1) is 7.11 Å². The summed E-state index contributed by atoms with van der Waals surface area (Å²) < 4.78 is 6.33. The molecule has 0 amide bonds. The number of hydrogen-bond donors (Lipinski definition) is 1. The van der Waals surface area contributed by atoms with Gasteiger partial charge in [-0.3, -0.25) is 4.98 Å². The summed E-state index contributed by atoms with van der Waals surface area (Å²) in [5.41, 5.74) is 2.36. The number of hydrogen-bond acceptors (Lipinski definition) is 3. The van der Waals surface area contributed by atoms with Crippen molar-refractivity contribution in [3.8, 4) is 5.75 Å². The number of halogens is 1. The second kappa shape index (κ2) is 6.68. The third-order valence-corrected chi connectivity index (χ3v) is 3.81. The van der Waals surface area contributed by atoms with Crippen molar-refractivity contribution in [3.63, 3.8) is 0 Å². The summed E-state index contributed by atoms with van der Waals surface area (Å²) >= 11 is 3.56. The van der Waals surface area contributed by atoms with E-state index in [1.807, 2.05) is 30.5 Å². The summed E-state index contributed by atoms with van der Waals surface area (Å²) in [5.74, 6) is 0.869. The minimum Gasteiger partial charge on any atom is -0.497 e. The van der Waals surface area contributed by atoms with Crippen molar-refractivity contribution in [2.24, 2.45) is 0 Å².